The standard InChI is InChI=1S/C18H20N6O3/c1-13-11-16(21-27-13)18(26)23-8-4-7-22(9-10-23)17(25)12-24-19-14-5-2-3-6-15(14)20-24/h2-3,5-6,11H,4,7-10,12H2,1H3. The largest absolute Gasteiger partial charge is 0.361 e. The molecule has 0 bridgehead atoms. The number of fused-ring (bicyclic) bond motifs is 1. The quantitative estimate of drug-likeness (QED) is 0.687. The van der Waals surface area contributed by atoms with E-state index < -0.39 is 0 Å². The molecule has 3 heterocycles. The molecule has 2 aromatic heterocycles. The Morgan fingerprint density at radius 3 is 2.37 bits per heavy atom. The topological polar surface area (TPSA) is 97.4 Å². The van der Waals surface area contributed by atoms with Crippen LogP contribution in [-0.4, -0.2) is 67.9 Å². The molecular formula is C18H20N6O3. The highest BCUT2D eigenvalue weighted by atomic mass is 16.5. The molecule has 0 spiro atoms. The predicted molar refractivity (Wildman–Crippen MR) is 95.9 cm³/mol. The maximum absolute atomic E-state index is 12.6. The van der Waals surface area contributed by atoms with E-state index in [1.54, 1.807) is 22.8 Å². The number of hydrogen-bond donors (Lipinski definition) is 0. The lowest BCUT2D eigenvalue weighted by Crippen LogP contribution is -2.39. The minimum Gasteiger partial charge on any atom is -0.361 e. The van der Waals surface area contributed by atoms with Gasteiger partial charge in [-0.05, 0) is 25.5 Å². The van der Waals surface area contributed by atoms with E-state index in [2.05, 4.69) is 15.4 Å². The second kappa shape index (κ2) is 7.18. The van der Waals surface area contributed by atoms with E-state index in [4.69, 9.17) is 4.52 Å². The summed E-state index contributed by atoms with van der Waals surface area (Å²) in [6.07, 6.45) is 0.711. The Morgan fingerprint density at radius 2 is 1.70 bits per heavy atom. The van der Waals surface area contributed by atoms with Gasteiger partial charge in [-0.1, -0.05) is 17.3 Å². The van der Waals surface area contributed by atoms with Crippen LogP contribution in [-0.2, 0) is 11.3 Å². The van der Waals surface area contributed by atoms with Crippen molar-refractivity contribution in [3.8, 4) is 0 Å². The molecule has 1 aromatic carbocycles. The molecule has 2 amide bonds. The number of hydrogen-bond acceptors (Lipinski definition) is 6. The molecule has 0 atom stereocenters. The van der Waals surface area contributed by atoms with Crippen molar-refractivity contribution >= 4 is 22.8 Å². The van der Waals surface area contributed by atoms with Gasteiger partial charge in [-0.3, -0.25) is 9.59 Å². The van der Waals surface area contributed by atoms with Crippen molar-refractivity contribution < 1.29 is 14.1 Å². The average Bonchev–Trinajstić information content (AvgIpc) is 3.18. The van der Waals surface area contributed by atoms with Crippen molar-refractivity contribution in [3.05, 3.63) is 41.8 Å². The Hall–Kier alpha value is -3.23. The van der Waals surface area contributed by atoms with Crippen LogP contribution in [0.3, 0.4) is 0 Å². The molecule has 1 saturated heterocycles. The Bertz CT molecular complexity index is 945. The van der Waals surface area contributed by atoms with Gasteiger partial charge >= 0.3 is 0 Å². The van der Waals surface area contributed by atoms with Crippen LogP contribution in [0.15, 0.2) is 34.9 Å². The maximum atomic E-state index is 12.6. The smallest absolute Gasteiger partial charge is 0.276 e. The number of aryl methyl sites for hydroxylation is 1. The van der Waals surface area contributed by atoms with E-state index in [0.717, 1.165) is 11.0 Å². The fraction of sp³-hybridized carbons (Fsp3) is 0.389. The number of amides is 2. The van der Waals surface area contributed by atoms with Crippen LogP contribution in [0.2, 0.25) is 0 Å². The first-order valence-corrected chi connectivity index (χ1v) is 8.90. The minimum absolute atomic E-state index is 0.0538. The lowest BCUT2D eigenvalue weighted by atomic mass is 10.3. The van der Waals surface area contributed by atoms with Crippen molar-refractivity contribution in [2.75, 3.05) is 26.2 Å². The SMILES string of the molecule is Cc1cc(C(=O)N2CCCN(C(=O)Cn3nc4ccccc4n3)CC2)no1. The molecule has 0 radical (unpaired) electrons. The molecule has 1 fully saturated rings. The van der Waals surface area contributed by atoms with Gasteiger partial charge in [0.2, 0.25) is 5.91 Å². The van der Waals surface area contributed by atoms with Crippen LogP contribution in [0.5, 0.6) is 0 Å². The summed E-state index contributed by atoms with van der Waals surface area (Å²) in [5.74, 6) is 0.382. The monoisotopic (exact) mass is 368 g/mol. The molecule has 0 aliphatic carbocycles. The summed E-state index contributed by atoms with van der Waals surface area (Å²) in [4.78, 5) is 30.1. The van der Waals surface area contributed by atoms with Crippen LogP contribution < -0.4 is 0 Å². The average molecular weight is 368 g/mol. The van der Waals surface area contributed by atoms with E-state index in [1.807, 2.05) is 24.3 Å². The normalized spacial score (nSPS) is 15.1. The van der Waals surface area contributed by atoms with Crippen LogP contribution in [0.4, 0.5) is 0 Å². The number of rotatable bonds is 3. The van der Waals surface area contributed by atoms with Crippen molar-refractivity contribution in [1.29, 1.82) is 0 Å². The highest BCUT2D eigenvalue weighted by Crippen LogP contribution is 2.11. The van der Waals surface area contributed by atoms with Crippen LogP contribution in [0, 0.1) is 6.92 Å². The summed E-state index contributed by atoms with van der Waals surface area (Å²) in [6.45, 7) is 3.96. The zero-order valence-corrected chi connectivity index (χ0v) is 15.0. The van der Waals surface area contributed by atoms with Gasteiger partial charge < -0.3 is 14.3 Å². The summed E-state index contributed by atoms with van der Waals surface area (Å²) >= 11 is 0. The predicted octanol–water partition coefficient (Wildman–Crippen LogP) is 1.10. The Labute approximate surface area is 155 Å². The molecule has 3 aromatic rings. The first kappa shape index (κ1) is 17.2. The summed E-state index contributed by atoms with van der Waals surface area (Å²) in [5.41, 5.74) is 1.83. The molecular weight excluding hydrogens is 348 g/mol. The number of carbonyl (C=O) groups is 2. The fourth-order valence-electron chi connectivity index (χ4n) is 3.20. The van der Waals surface area contributed by atoms with Gasteiger partial charge in [0.05, 0.1) is 0 Å². The Morgan fingerprint density at radius 1 is 1.04 bits per heavy atom. The molecule has 27 heavy (non-hydrogen) atoms. The Balaban J connectivity index is 1.38. The molecule has 0 N–H and O–H groups in total. The summed E-state index contributed by atoms with van der Waals surface area (Å²) in [5, 5.41) is 12.4. The highest BCUT2D eigenvalue weighted by molar-refractivity contribution is 5.92. The fourth-order valence-corrected chi connectivity index (χ4v) is 3.20. The molecule has 9 heteroatoms. The van der Waals surface area contributed by atoms with E-state index >= 15 is 0 Å². The first-order valence-electron chi connectivity index (χ1n) is 8.90. The van der Waals surface area contributed by atoms with E-state index in [9.17, 15) is 9.59 Å². The second-order valence-corrected chi connectivity index (χ2v) is 6.57. The van der Waals surface area contributed by atoms with Gasteiger partial charge in [0, 0.05) is 32.2 Å². The van der Waals surface area contributed by atoms with Gasteiger partial charge in [-0.2, -0.15) is 15.0 Å². The second-order valence-electron chi connectivity index (χ2n) is 6.57. The zero-order valence-electron chi connectivity index (χ0n) is 15.0. The molecule has 9 nitrogen and oxygen atoms in total. The van der Waals surface area contributed by atoms with Crippen LogP contribution in [0.1, 0.15) is 22.7 Å². The zero-order chi connectivity index (χ0) is 18.8. The maximum Gasteiger partial charge on any atom is 0.276 e. The van der Waals surface area contributed by atoms with Crippen LogP contribution >= 0.6 is 0 Å². The minimum atomic E-state index is -0.166. The van der Waals surface area contributed by atoms with E-state index in [-0.39, 0.29) is 18.4 Å². The van der Waals surface area contributed by atoms with Crippen molar-refractivity contribution in [3.63, 3.8) is 0 Å². The molecule has 140 valence electrons. The number of nitrogens with zero attached hydrogens (tertiary/aromatic N) is 6. The van der Waals surface area contributed by atoms with Gasteiger partial charge in [-0.15, -0.1) is 0 Å². The molecule has 0 saturated carbocycles. The molecule has 1 aliphatic heterocycles. The van der Waals surface area contributed by atoms with E-state index in [1.165, 1.54) is 4.80 Å². The summed E-state index contributed by atoms with van der Waals surface area (Å²) in [7, 11) is 0. The number of aromatic nitrogens is 4. The third kappa shape index (κ3) is 3.67. The first-order chi connectivity index (χ1) is 13.1. The molecule has 0 unspecified atom stereocenters. The van der Waals surface area contributed by atoms with Crippen molar-refractivity contribution in [1.82, 2.24) is 30.0 Å². The third-order valence-corrected chi connectivity index (χ3v) is 4.59. The summed E-state index contributed by atoms with van der Waals surface area (Å²) in [6, 6.07) is 9.14. The van der Waals surface area contributed by atoms with Gasteiger partial charge in [-0.25, -0.2) is 0 Å². The van der Waals surface area contributed by atoms with E-state index in [0.29, 0.717) is 44.1 Å². The highest BCUT2D eigenvalue weighted by Gasteiger charge is 2.25. The van der Waals surface area contributed by atoms with Gasteiger partial charge in [0.25, 0.3) is 5.91 Å². The molecule has 4 rings (SSSR count). The third-order valence-electron chi connectivity index (χ3n) is 4.59. The summed E-state index contributed by atoms with van der Waals surface area (Å²) < 4.78 is 4.98. The number of carbonyl (C=O) groups excluding carboxylic acids is 2. The Kier molecular flexibility index (Phi) is 4.57. The lowest BCUT2D eigenvalue weighted by Gasteiger charge is -2.21. The van der Waals surface area contributed by atoms with Crippen molar-refractivity contribution in [2.24, 2.45) is 0 Å². The van der Waals surface area contributed by atoms with Crippen LogP contribution in [0.25, 0.3) is 11.0 Å². The lowest BCUT2D eigenvalue weighted by molar-refractivity contribution is -0.132. The number of benzene rings is 1. The van der Waals surface area contributed by atoms with Gasteiger partial charge in [0.15, 0.2) is 5.69 Å². The van der Waals surface area contributed by atoms with Crippen molar-refractivity contribution in [2.45, 2.75) is 19.9 Å². The molecule has 1 aliphatic rings. The van der Waals surface area contributed by atoms with Gasteiger partial charge in [0.1, 0.15) is 23.3 Å².